The predicted molar refractivity (Wildman–Crippen MR) is 55.6 cm³/mol. The van der Waals surface area contributed by atoms with Gasteiger partial charge in [0.1, 0.15) is 6.04 Å². The summed E-state index contributed by atoms with van der Waals surface area (Å²) in [5.74, 6) is -1.00. The minimum Gasteiger partial charge on any atom is -0.480 e. The molecule has 15 heavy (non-hydrogen) atoms. The molecule has 1 rings (SSSR count). The third-order valence-corrected chi connectivity index (χ3v) is 2.59. The van der Waals surface area contributed by atoms with Gasteiger partial charge in [0.05, 0.1) is 0 Å². The Morgan fingerprint density at radius 3 is 2.47 bits per heavy atom. The van der Waals surface area contributed by atoms with Crippen LogP contribution in [-0.2, 0) is 4.79 Å². The Kier molecular flexibility index (Phi) is 3.71. The van der Waals surface area contributed by atoms with Gasteiger partial charge in [0.2, 0.25) is 0 Å². The Morgan fingerprint density at radius 1 is 1.47 bits per heavy atom. The number of rotatable bonds is 3. The van der Waals surface area contributed by atoms with Gasteiger partial charge in [-0.15, -0.1) is 0 Å². The lowest BCUT2D eigenvalue weighted by atomic mass is 10.2. The number of urea groups is 1. The van der Waals surface area contributed by atoms with Crippen LogP contribution < -0.4 is 5.32 Å². The number of carboxylic acids is 1. The SMILES string of the molecule is CC(C(=O)O)N(C)C(=O)NC1CC=CC1. The quantitative estimate of drug-likeness (QED) is 0.680. The first kappa shape index (κ1) is 11.6. The highest BCUT2D eigenvalue weighted by Crippen LogP contribution is 2.09. The summed E-state index contributed by atoms with van der Waals surface area (Å²) in [6, 6.07) is -1.03. The zero-order chi connectivity index (χ0) is 11.4. The number of amides is 2. The van der Waals surface area contributed by atoms with Crippen molar-refractivity contribution in [3.63, 3.8) is 0 Å². The number of carboxylic acid groups (broad SMARTS) is 1. The molecule has 0 spiro atoms. The summed E-state index contributed by atoms with van der Waals surface area (Å²) in [4.78, 5) is 23.4. The highest BCUT2D eigenvalue weighted by molar-refractivity contribution is 5.82. The number of carbonyl (C=O) groups is 2. The Morgan fingerprint density at radius 2 is 2.00 bits per heavy atom. The van der Waals surface area contributed by atoms with Gasteiger partial charge in [0.25, 0.3) is 0 Å². The number of aliphatic carboxylic acids is 1. The fraction of sp³-hybridized carbons (Fsp3) is 0.600. The molecule has 0 aromatic carbocycles. The largest absolute Gasteiger partial charge is 0.480 e. The molecule has 2 amide bonds. The summed E-state index contributed by atoms with van der Waals surface area (Å²) >= 11 is 0. The van der Waals surface area contributed by atoms with E-state index in [-0.39, 0.29) is 12.1 Å². The lowest BCUT2D eigenvalue weighted by Gasteiger charge is -2.24. The molecule has 2 N–H and O–H groups in total. The van der Waals surface area contributed by atoms with Gasteiger partial charge < -0.3 is 15.3 Å². The molecule has 1 aliphatic rings. The van der Waals surface area contributed by atoms with Crippen molar-refractivity contribution in [2.75, 3.05) is 7.05 Å². The lowest BCUT2D eigenvalue weighted by molar-refractivity contribution is -0.141. The van der Waals surface area contributed by atoms with Crippen molar-refractivity contribution in [2.45, 2.75) is 31.8 Å². The highest BCUT2D eigenvalue weighted by atomic mass is 16.4. The molecule has 0 aromatic rings. The average Bonchev–Trinajstić information content (AvgIpc) is 2.67. The van der Waals surface area contributed by atoms with Gasteiger partial charge in [0.15, 0.2) is 0 Å². The van der Waals surface area contributed by atoms with Crippen LogP contribution in [0.4, 0.5) is 4.79 Å². The molecule has 1 unspecified atom stereocenters. The zero-order valence-corrected chi connectivity index (χ0v) is 8.93. The van der Waals surface area contributed by atoms with Gasteiger partial charge >= 0.3 is 12.0 Å². The van der Waals surface area contributed by atoms with E-state index in [0.717, 1.165) is 12.8 Å². The van der Waals surface area contributed by atoms with Crippen molar-refractivity contribution >= 4 is 12.0 Å². The molecular formula is C10H16N2O3. The van der Waals surface area contributed by atoms with Crippen LogP contribution in [0.3, 0.4) is 0 Å². The second kappa shape index (κ2) is 4.82. The van der Waals surface area contributed by atoms with E-state index in [9.17, 15) is 9.59 Å². The Hall–Kier alpha value is -1.52. The molecule has 0 saturated heterocycles. The van der Waals surface area contributed by atoms with Gasteiger partial charge in [-0.05, 0) is 19.8 Å². The third kappa shape index (κ3) is 2.97. The van der Waals surface area contributed by atoms with Gasteiger partial charge in [-0.1, -0.05) is 12.2 Å². The Bertz CT molecular complexity index is 280. The molecule has 0 aromatic heterocycles. The lowest BCUT2D eigenvalue weighted by Crippen LogP contribution is -2.48. The maximum absolute atomic E-state index is 11.6. The topological polar surface area (TPSA) is 69.6 Å². The second-order valence-electron chi connectivity index (χ2n) is 3.71. The normalized spacial score (nSPS) is 17.5. The number of nitrogens with zero attached hydrogens (tertiary/aromatic N) is 1. The van der Waals surface area contributed by atoms with E-state index in [2.05, 4.69) is 5.32 Å². The molecule has 0 heterocycles. The molecule has 0 aliphatic heterocycles. The first-order valence-corrected chi connectivity index (χ1v) is 4.93. The maximum Gasteiger partial charge on any atom is 0.326 e. The van der Waals surface area contributed by atoms with Gasteiger partial charge in [-0.2, -0.15) is 0 Å². The summed E-state index contributed by atoms with van der Waals surface area (Å²) in [5.41, 5.74) is 0. The number of hydrogen-bond acceptors (Lipinski definition) is 2. The van der Waals surface area contributed by atoms with Crippen LogP contribution in [0.5, 0.6) is 0 Å². The van der Waals surface area contributed by atoms with E-state index < -0.39 is 12.0 Å². The third-order valence-electron chi connectivity index (χ3n) is 2.59. The van der Waals surface area contributed by atoms with Crippen LogP contribution in [0.25, 0.3) is 0 Å². The predicted octanol–water partition coefficient (Wildman–Crippen LogP) is 0.820. The number of nitrogens with one attached hydrogen (secondary N) is 1. The van der Waals surface area contributed by atoms with Crippen molar-refractivity contribution in [2.24, 2.45) is 0 Å². The number of likely N-dealkylation sites (N-methyl/N-ethyl adjacent to an activating group) is 1. The van der Waals surface area contributed by atoms with Crippen LogP contribution in [-0.4, -0.2) is 41.1 Å². The van der Waals surface area contributed by atoms with Crippen molar-refractivity contribution < 1.29 is 14.7 Å². The van der Waals surface area contributed by atoms with Gasteiger partial charge in [-0.3, -0.25) is 0 Å². The fourth-order valence-corrected chi connectivity index (χ4v) is 1.35. The minimum absolute atomic E-state index is 0.112. The van der Waals surface area contributed by atoms with Gasteiger partial charge in [-0.25, -0.2) is 9.59 Å². The van der Waals surface area contributed by atoms with Crippen molar-refractivity contribution in [1.29, 1.82) is 0 Å². The van der Waals surface area contributed by atoms with E-state index in [0.29, 0.717) is 0 Å². The van der Waals surface area contributed by atoms with E-state index in [1.165, 1.54) is 18.9 Å². The molecule has 0 fully saturated rings. The molecule has 1 aliphatic carbocycles. The first-order chi connectivity index (χ1) is 7.02. The van der Waals surface area contributed by atoms with Crippen LogP contribution in [0.15, 0.2) is 12.2 Å². The van der Waals surface area contributed by atoms with E-state index in [1.54, 1.807) is 0 Å². The second-order valence-corrected chi connectivity index (χ2v) is 3.71. The molecule has 0 bridgehead atoms. The molecule has 0 saturated carbocycles. The highest BCUT2D eigenvalue weighted by Gasteiger charge is 2.23. The average molecular weight is 212 g/mol. The molecule has 1 atom stereocenters. The molecular weight excluding hydrogens is 196 g/mol. The molecule has 5 heteroatoms. The van der Waals surface area contributed by atoms with E-state index in [1.807, 2.05) is 12.2 Å². The van der Waals surface area contributed by atoms with Crippen LogP contribution in [0, 0.1) is 0 Å². The van der Waals surface area contributed by atoms with Crippen LogP contribution in [0.2, 0.25) is 0 Å². The maximum atomic E-state index is 11.6. The van der Waals surface area contributed by atoms with Crippen LogP contribution in [0.1, 0.15) is 19.8 Å². The Labute approximate surface area is 88.8 Å². The molecule has 5 nitrogen and oxygen atoms in total. The van der Waals surface area contributed by atoms with Crippen molar-refractivity contribution in [3.8, 4) is 0 Å². The Balaban J connectivity index is 2.42. The smallest absolute Gasteiger partial charge is 0.326 e. The fourth-order valence-electron chi connectivity index (χ4n) is 1.35. The first-order valence-electron chi connectivity index (χ1n) is 4.93. The number of carbonyl (C=O) groups excluding carboxylic acids is 1. The molecule has 0 radical (unpaired) electrons. The monoisotopic (exact) mass is 212 g/mol. The van der Waals surface area contributed by atoms with E-state index >= 15 is 0 Å². The summed E-state index contributed by atoms with van der Waals surface area (Å²) in [7, 11) is 1.48. The summed E-state index contributed by atoms with van der Waals surface area (Å²) in [6.07, 6.45) is 5.65. The van der Waals surface area contributed by atoms with Gasteiger partial charge in [0, 0.05) is 13.1 Å². The zero-order valence-electron chi connectivity index (χ0n) is 8.93. The minimum atomic E-state index is -1.00. The van der Waals surface area contributed by atoms with Crippen molar-refractivity contribution in [3.05, 3.63) is 12.2 Å². The standard InChI is InChI=1S/C10H16N2O3/c1-7(9(13)14)12(2)10(15)11-8-5-3-4-6-8/h3-4,7-8H,5-6H2,1-2H3,(H,11,15)(H,13,14). The summed E-state index contributed by atoms with van der Waals surface area (Å²) in [6.45, 7) is 1.48. The molecule has 84 valence electrons. The summed E-state index contributed by atoms with van der Waals surface area (Å²) < 4.78 is 0. The number of hydrogen-bond donors (Lipinski definition) is 2. The summed E-state index contributed by atoms with van der Waals surface area (Å²) in [5, 5.41) is 11.5. The van der Waals surface area contributed by atoms with Crippen LogP contribution >= 0.6 is 0 Å². The van der Waals surface area contributed by atoms with Crippen molar-refractivity contribution in [1.82, 2.24) is 10.2 Å². The van der Waals surface area contributed by atoms with E-state index in [4.69, 9.17) is 5.11 Å².